The third-order valence-electron chi connectivity index (χ3n) is 3.61. The average molecular weight is 183 g/mol. The lowest BCUT2D eigenvalue weighted by atomic mass is 9.76. The SMILES string of the molecule is CC1CCC2C(C1)C(=O)N(C)C2O. The molecule has 0 radical (unpaired) electrons. The molecule has 2 fully saturated rings. The summed E-state index contributed by atoms with van der Waals surface area (Å²) in [5.74, 6) is 1.09. The van der Waals surface area contributed by atoms with E-state index in [2.05, 4.69) is 6.92 Å². The summed E-state index contributed by atoms with van der Waals surface area (Å²) in [7, 11) is 1.70. The van der Waals surface area contributed by atoms with Gasteiger partial charge in [0.2, 0.25) is 5.91 Å². The van der Waals surface area contributed by atoms with E-state index in [-0.39, 0.29) is 17.7 Å². The molecule has 1 aliphatic heterocycles. The van der Waals surface area contributed by atoms with Gasteiger partial charge in [0.15, 0.2) is 0 Å². The van der Waals surface area contributed by atoms with E-state index in [1.165, 1.54) is 4.90 Å². The van der Waals surface area contributed by atoms with Crippen molar-refractivity contribution in [2.45, 2.75) is 32.4 Å². The van der Waals surface area contributed by atoms with Crippen molar-refractivity contribution in [1.29, 1.82) is 0 Å². The van der Waals surface area contributed by atoms with Gasteiger partial charge in [-0.1, -0.05) is 13.3 Å². The normalized spacial score (nSPS) is 45.2. The number of aliphatic hydroxyl groups excluding tert-OH is 1. The highest BCUT2D eigenvalue weighted by Gasteiger charge is 2.47. The standard InChI is InChI=1S/C10H17NO2/c1-6-3-4-7-8(5-6)10(13)11(2)9(7)12/h6-9,12H,3-5H2,1-2H3. The Morgan fingerprint density at radius 2 is 2.15 bits per heavy atom. The molecule has 1 N–H and O–H groups in total. The summed E-state index contributed by atoms with van der Waals surface area (Å²) in [6.45, 7) is 2.19. The van der Waals surface area contributed by atoms with E-state index in [1.54, 1.807) is 7.05 Å². The van der Waals surface area contributed by atoms with Gasteiger partial charge in [0.05, 0.1) is 0 Å². The van der Waals surface area contributed by atoms with E-state index in [0.717, 1.165) is 19.3 Å². The minimum absolute atomic E-state index is 0.101. The van der Waals surface area contributed by atoms with Crippen LogP contribution in [0.2, 0.25) is 0 Å². The van der Waals surface area contributed by atoms with E-state index < -0.39 is 6.23 Å². The number of aliphatic hydroxyl groups is 1. The summed E-state index contributed by atoms with van der Waals surface area (Å²) in [5.41, 5.74) is 0. The molecule has 1 aliphatic carbocycles. The predicted molar refractivity (Wildman–Crippen MR) is 48.8 cm³/mol. The molecular weight excluding hydrogens is 166 g/mol. The maximum Gasteiger partial charge on any atom is 0.227 e. The lowest BCUT2D eigenvalue weighted by Crippen LogP contribution is -2.31. The van der Waals surface area contributed by atoms with Crippen LogP contribution in [0.5, 0.6) is 0 Å². The van der Waals surface area contributed by atoms with Crippen molar-refractivity contribution in [1.82, 2.24) is 4.90 Å². The largest absolute Gasteiger partial charge is 0.373 e. The quantitative estimate of drug-likeness (QED) is 0.604. The molecular formula is C10H17NO2. The molecule has 3 nitrogen and oxygen atoms in total. The van der Waals surface area contributed by atoms with Gasteiger partial charge >= 0.3 is 0 Å². The lowest BCUT2D eigenvalue weighted by Gasteiger charge is -2.28. The Balaban J connectivity index is 2.17. The van der Waals surface area contributed by atoms with E-state index in [1.807, 2.05) is 0 Å². The fourth-order valence-corrected chi connectivity index (χ4v) is 2.72. The molecule has 4 unspecified atom stereocenters. The monoisotopic (exact) mass is 183 g/mol. The molecule has 1 amide bonds. The number of hydrogen-bond donors (Lipinski definition) is 1. The number of likely N-dealkylation sites (tertiary alicyclic amines) is 1. The van der Waals surface area contributed by atoms with Gasteiger partial charge in [-0.15, -0.1) is 0 Å². The lowest BCUT2D eigenvalue weighted by molar-refractivity contribution is -0.134. The Morgan fingerprint density at radius 1 is 1.46 bits per heavy atom. The summed E-state index contributed by atoms with van der Waals surface area (Å²) < 4.78 is 0. The van der Waals surface area contributed by atoms with Crippen LogP contribution in [0, 0.1) is 17.8 Å². The van der Waals surface area contributed by atoms with Crippen LogP contribution in [0.3, 0.4) is 0 Å². The second-order valence-corrected chi connectivity index (χ2v) is 4.55. The summed E-state index contributed by atoms with van der Waals surface area (Å²) in [4.78, 5) is 13.2. The molecule has 0 spiro atoms. The Kier molecular flexibility index (Phi) is 2.06. The van der Waals surface area contributed by atoms with Gasteiger partial charge < -0.3 is 10.0 Å². The van der Waals surface area contributed by atoms with Crippen molar-refractivity contribution in [3.63, 3.8) is 0 Å². The van der Waals surface area contributed by atoms with Crippen molar-refractivity contribution >= 4 is 5.91 Å². The van der Waals surface area contributed by atoms with Gasteiger partial charge in [-0.2, -0.15) is 0 Å². The molecule has 2 rings (SSSR count). The molecule has 1 heterocycles. The number of hydrogen-bond acceptors (Lipinski definition) is 2. The highest BCUT2D eigenvalue weighted by molar-refractivity contribution is 5.81. The third kappa shape index (κ3) is 1.26. The first-order valence-electron chi connectivity index (χ1n) is 5.06. The van der Waals surface area contributed by atoms with E-state index in [4.69, 9.17) is 0 Å². The number of carbonyl (C=O) groups is 1. The zero-order valence-electron chi connectivity index (χ0n) is 8.23. The van der Waals surface area contributed by atoms with E-state index in [0.29, 0.717) is 5.92 Å². The van der Waals surface area contributed by atoms with Crippen molar-refractivity contribution in [3.05, 3.63) is 0 Å². The molecule has 0 aromatic carbocycles. The average Bonchev–Trinajstić information content (AvgIpc) is 2.32. The second-order valence-electron chi connectivity index (χ2n) is 4.55. The van der Waals surface area contributed by atoms with Crippen molar-refractivity contribution < 1.29 is 9.90 Å². The Bertz CT molecular complexity index is 229. The van der Waals surface area contributed by atoms with Crippen LogP contribution in [-0.2, 0) is 4.79 Å². The fraction of sp³-hybridized carbons (Fsp3) is 0.900. The molecule has 1 saturated carbocycles. The third-order valence-corrected chi connectivity index (χ3v) is 3.61. The number of rotatable bonds is 0. The van der Waals surface area contributed by atoms with Gasteiger partial charge in [0, 0.05) is 18.9 Å². The maximum atomic E-state index is 11.7. The fourth-order valence-electron chi connectivity index (χ4n) is 2.72. The van der Waals surface area contributed by atoms with Crippen LogP contribution in [0.15, 0.2) is 0 Å². The van der Waals surface area contributed by atoms with Crippen molar-refractivity contribution in [3.8, 4) is 0 Å². The molecule has 4 atom stereocenters. The van der Waals surface area contributed by atoms with Gasteiger partial charge in [0.25, 0.3) is 0 Å². The molecule has 2 aliphatic rings. The molecule has 0 aromatic rings. The number of amides is 1. The van der Waals surface area contributed by atoms with Crippen LogP contribution < -0.4 is 0 Å². The van der Waals surface area contributed by atoms with Crippen LogP contribution in [0.1, 0.15) is 26.2 Å². The smallest absolute Gasteiger partial charge is 0.227 e. The molecule has 3 heteroatoms. The Morgan fingerprint density at radius 3 is 2.85 bits per heavy atom. The van der Waals surface area contributed by atoms with Gasteiger partial charge in [-0.25, -0.2) is 0 Å². The van der Waals surface area contributed by atoms with Crippen LogP contribution >= 0.6 is 0 Å². The number of carbonyl (C=O) groups excluding carboxylic acids is 1. The van der Waals surface area contributed by atoms with Gasteiger partial charge in [0.1, 0.15) is 6.23 Å². The van der Waals surface area contributed by atoms with E-state index in [9.17, 15) is 9.90 Å². The van der Waals surface area contributed by atoms with Gasteiger partial charge in [-0.05, 0) is 18.8 Å². The molecule has 13 heavy (non-hydrogen) atoms. The van der Waals surface area contributed by atoms with E-state index >= 15 is 0 Å². The summed E-state index contributed by atoms with van der Waals surface area (Å²) in [6, 6.07) is 0. The minimum Gasteiger partial charge on any atom is -0.373 e. The molecule has 74 valence electrons. The van der Waals surface area contributed by atoms with Crippen LogP contribution in [0.4, 0.5) is 0 Å². The Labute approximate surface area is 78.7 Å². The van der Waals surface area contributed by atoms with Crippen LogP contribution in [0.25, 0.3) is 0 Å². The van der Waals surface area contributed by atoms with Crippen LogP contribution in [-0.4, -0.2) is 29.2 Å². The zero-order valence-corrected chi connectivity index (χ0v) is 8.23. The first kappa shape index (κ1) is 9.00. The summed E-state index contributed by atoms with van der Waals surface area (Å²) in [5, 5.41) is 9.75. The van der Waals surface area contributed by atoms with Crippen molar-refractivity contribution in [2.24, 2.45) is 17.8 Å². The highest BCUT2D eigenvalue weighted by Crippen LogP contribution is 2.41. The molecule has 0 aromatic heterocycles. The first-order valence-corrected chi connectivity index (χ1v) is 5.06. The van der Waals surface area contributed by atoms with Gasteiger partial charge in [-0.3, -0.25) is 4.79 Å². The number of nitrogens with zero attached hydrogens (tertiary/aromatic N) is 1. The van der Waals surface area contributed by atoms with Crippen molar-refractivity contribution in [2.75, 3.05) is 7.05 Å². The first-order chi connectivity index (χ1) is 6.11. The number of fused-ring (bicyclic) bond motifs is 1. The minimum atomic E-state index is -0.523. The maximum absolute atomic E-state index is 11.7. The topological polar surface area (TPSA) is 40.5 Å². The highest BCUT2D eigenvalue weighted by atomic mass is 16.3. The zero-order chi connectivity index (χ0) is 9.59. The summed E-state index contributed by atoms with van der Waals surface area (Å²) in [6.07, 6.45) is 2.60. The summed E-state index contributed by atoms with van der Waals surface area (Å²) >= 11 is 0. The molecule has 0 bridgehead atoms. The Hall–Kier alpha value is -0.570. The predicted octanol–water partition coefficient (Wildman–Crippen LogP) is 0.829. The molecule has 1 saturated heterocycles. The second kappa shape index (κ2) is 2.98.